The van der Waals surface area contributed by atoms with Gasteiger partial charge in [0.25, 0.3) is 0 Å². The second kappa shape index (κ2) is 6.22. The van der Waals surface area contributed by atoms with Gasteiger partial charge >= 0.3 is 5.69 Å². The first-order chi connectivity index (χ1) is 10.3. The van der Waals surface area contributed by atoms with E-state index in [9.17, 15) is 27.7 Å². The van der Waals surface area contributed by atoms with Crippen molar-refractivity contribution in [1.29, 1.82) is 0 Å². The molecule has 0 N–H and O–H groups in total. The van der Waals surface area contributed by atoms with Crippen LogP contribution in [0.4, 0.5) is 28.9 Å². The largest absolute Gasteiger partial charge is 0.336 e. The molecule has 0 aromatic heterocycles. The number of hydrogen-bond acceptors (Lipinski definition) is 3. The van der Waals surface area contributed by atoms with Gasteiger partial charge in [0, 0.05) is 10.7 Å². The molecular formula is C13H5BrF4N2O2. The van der Waals surface area contributed by atoms with Crippen molar-refractivity contribution in [2.45, 2.75) is 0 Å². The number of nitro benzene ring substituents is 1. The topological polar surface area (TPSA) is 55.5 Å². The van der Waals surface area contributed by atoms with E-state index in [1.807, 2.05) is 0 Å². The molecule has 0 spiro atoms. The standard InChI is InChI=1S/C13H5BrF4N2O2/c14-7-3-1-6(2-4-7)5-19-12-10(17)8(15)9(16)11(18)13(12)20(21)22/h1-5H. The second-order valence-corrected chi connectivity index (χ2v) is 4.94. The third-order valence-electron chi connectivity index (χ3n) is 2.61. The molecule has 0 amide bonds. The molecule has 0 unspecified atom stereocenters. The van der Waals surface area contributed by atoms with Gasteiger partial charge in [0.15, 0.2) is 17.3 Å². The number of halogens is 5. The van der Waals surface area contributed by atoms with Gasteiger partial charge in [-0.15, -0.1) is 0 Å². The van der Waals surface area contributed by atoms with Crippen LogP contribution < -0.4 is 0 Å². The van der Waals surface area contributed by atoms with Crippen molar-refractivity contribution >= 4 is 33.5 Å². The van der Waals surface area contributed by atoms with E-state index in [-0.39, 0.29) is 0 Å². The molecule has 0 bridgehead atoms. The minimum Gasteiger partial charge on any atom is -0.258 e. The van der Waals surface area contributed by atoms with Crippen molar-refractivity contribution in [3.63, 3.8) is 0 Å². The Labute approximate surface area is 129 Å². The lowest BCUT2D eigenvalue weighted by molar-refractivity contribution is -0.387. The predicted octanol–water partition coefficient (Wildman–Crippen LogP) is 4.66. The number of nitro groups is 1. The molecule has 0 aliphatic rings. The zero-order chi connectivity index (χ0) is 16.4. The van der Waals surface area contributed by atoms with Gasteiger partial charge in [-0.2, -0.15) is 4.39 Å². The second-order valence-electron chi connectivity index (χ2n) is 4.02. The summed E-state index contributed by atoms with van der Waals surface area (Å²) in [5.74, 6) is -8.45. The maximum absolute atomic E-state index is 13.6. The molecule has 0 fully saturated rings. The van der Waals surface area contributed by atoms with Crippen LogP contribution in [0.1, 0.15) is 5.56 Å². The Morgan fingerprint density at radius 1 is 1.00 bits per heavy atom. The van der Waals surface area contributed by atoms with Gasteiger partial charge in [-0.25, -0.2) is 18.2 Å². The molecule has 114 valence electrons. The monoisotopic (exact) mass is 376 g/mol. The Morgan fingerprint density at radius 3 is 2.09 bits per heavy atom. The summed E-state index contributed by atoms with van der Waals surface area (Å²) in [7, 11) is 0. The molecule has 9 heteroatoms. The van der Waals surface area contributed by atoms with Gasteiger partial charge in [0.1, 0.15) is 0 Å². The first kappa shape index (κ1) is 16.1. The zero-order valence-corrected chi connectivity index (χ0v) is 12.1. The van der Waals surface area contributed by atoms with E-state index in [4.69, 9.17) is 0 Å². The summed E-state index contributed by atoms with van der Waals surface area (Å²) >= 11 is 3.18. The van der Waals surface area contributed by atoms with Crippen LogP contribution >= 0.6 is 15.9 Å². The van der Waals surface area contributed by atoms with Gasteiger partial charge in [0.05, 0.1) is 4.92 Å². The van der Waals surface area contributed by atoms with Crippen LogP contribution in [-0.2, 0) is 0 Å². The minimum absolute atomic E-state index is 0.391. The highest BCUT2D eigenvalue weighted by atomic mass is 79.9. The van der Waals surface area contributed by atoms with Crippen LogP contribution in [0.3, 0.4) is 0 Å². The SMILES string of the molecule is O=[N+]([O-])c1c(F)c(F)c(F)c(F)c1N=Cc1ccc(Br)cc1. The summed E-state index contributed by atoms with van der Waals surface area (Å²) in [6, 6.07) is 6.26. The summed E-state index contributed by atoms with van der Waals surface area (Å²) in [6.07, 6.45) is 0.967. The highest BCUT2D eigenvalue weighted by Gasteiger charge is 2.32. The minimum atomic E-state index is -2.26. The van der Waals surface area contributed by atoms with Crippen LogP contribution in [0, 0.1) is 33.4 Å². The summed E-state index contributed by atoms with van der Waals surface area (Å²) < 4.78 is 54.0. The van der Waals surface area contributed by atoms with Gasteiger partial charge in [-0.05, 0) is 17.7 Å². The van der Waals surface area contributed by atoms with Gasteiger partial charge in [-0.3, -0.25) is 10.1 Å². The molecule has 0 aliphatic heterocycles. The van der Waals surface area contributed by atoms with E-state index < -0.39 is 39.6 Å². The Bertz CT molecular complexity index is 779. The Hall–Kier alpha value is -2.29. The van der Waals surface area contributed by atoms with Crippen molar-refractivity contribution in [2.24, 2.45) is 4.99 Å². The molecule has 22 heavy (non-hydrogen) atoms. The van der Waals surface area contributed by atoms with E-state index in [2.05, 4.69) is 20.9 Å². The molecule has 2 rings (SSSR count). The maximum Gasteiger partial charge on any atom is 0.336 e. The summed E-state index contributed by atoms with van der Waals surface area (Å²) in [5.41, 5.74) is -2.39. The lowest BCUT2D eigenvalue weighted by atomic mass is 10.2. The summed E-state index contributed by atoms with van der Waals surface area (Å²) in [4.78, 5) is 12.8. The molecule has 0 atom stereocenters. The highest BCUT2D eigenvalue weighted by Crippen LogP contribution is 2.36. The van der Waals surface area contributed by atoms with Gasteiger partial charge in [-0.1, -0.05) is 28.1 Å². The van der Waals surface area contributed by atoms with Crippen LogP contribution in [-0.4, -0.2) is 11.1 Å². The number of hydrogen-bond donors (Lipinski definition) is 0. The van der Waals surface area contributed by atoms with Crippen molar-refractivity contribution in [3.05, 3.63) is 67.7 Å². The fraction of sp³-hybridized carbons (Fsp3) is 0. The van der Waals surface area contributed by atoms with Gasteiger partial charge < -0.3 is 0 Å². The third kappa shape index (κ3) is 2.98. The van der Waals surface area contributed by atoms with Crippen LogP contribution in [0.2, 0.25) is 0 Å². The van der Waals surface area contributed by atoms with E-state index in [0.717, 1.165) is 10.7 Å². The zero-order valence-electron chi connectivity index (χ0n) is 10.5. The molecule has 4 nitrogen and oxygen atoms in total. The quantitative estimate of drug-likeness (QED) is 0.195. The van der Waals surface area contributed by atoms with E-state index in [1.54, 1.807) is 12.1 Å². The predicted molar refractivity (Wildman–Crippen MR) is 74.3 cm³/mol. The molecule has 0 radical (unpaired) electrons. The maximum atomic E-state index is 13.6. The Kier molecular flexibility index (Phi) is 4.55. The van der Waals surface area contributed by atoms with E-state index >= 15 is 0 Å². The molecule has 0 saturated heterocycles. The number of rotatable bonds is 3. The lowest BCUT2D eigenvalue weighted by Gasteiger charge is -2.03. The molecule has 0 heterocycles. The number of benzene rings is 2. The van der Waals surface area contributed by atoms with Crippen LogP contribution in [0.15, 0.2) is 33.7 Å². The average molecular weight is 377 g/mol. The van der Waals surface area contributed by atoms with Crippen molar-refractivity contribution in [3.8, 4) is 0 Å². The average Bonchev–Trinajstić information content (AvgIpc) is 2.48. The smallest absolute Gasteiger partial charge is 0.258 e. The summed E-state index contributed by atoms with van der Waals surface area (Å²) in [6.45, 7) is 0. The van der Waals surface area contributed by atoms with Gasteiger partial charge in [0.2, 0.25) is 11.6 Å². The molecular weight excluding hydrogens is 372 g/mol. The van der Waals surface area contributed by atoms with E-state index in [0.29, 0.717) is 5.56 Å². The first-order valence-electron chi connectivity index (χ1n) is 5.63. The lowest BCUT2D eigenvalue weighted by Crippen LogP contribution is -2.03. The first-order valence-corrected chi connectivity index (χ1v) is 6.42. The van der Waals surface area contributed by atoms with Crippen molar-refractivity contribution < 1.29 is 22.5 Å². The molecule has 0 saturated carbocycles. The molecule has 0 aliphatic carbocycles. The van der Waals surface area contributed by atoms with E-state index in [1.165, 1.54) is 12.1 Å². The van der Waals surface area contributed by atoms with Crippen molar-refractivity contribution in [2.75, 3.05) is 0 Å². The summed E-state index contributed by atoms with van der Waals surface area (Å²) in [5, 5.41) is 10.7. The fourth-order valence-electron chi connectivity index (χ4n) is 1.58. The fourth-order valence-corrected chi connectivity index (χ4v) is 1.85. The normalized spacial score (nSPS) is 11.1. The number of nitrogens with zero attached hydrogens (tertiary/aromatic N) is 2. The number of aliphatic imine (C=N–C) groups is 1. The Balaban J connectivity index is 2.59. The highest BCUT2D eigenvalue weighted by molar-refractivity contribution is 9.10. The van der Waals surface area contributed by atoms with Crippen molar-refractivity contribution in [1.82, 2.24) is 0 Å². The third-order valence-corrected chi connectivity index (χ3v) is 3.14. The molecule has 2 aromatic carbocycles. The Morgan fingerprint density at radius 2 is 1.55 bits per heavy atom. The van der Waals surface area contributed by atoms with Crippen LogP contribution in [0.5, 0.6) is 0 Å². The van der Waals surface area contributed by atoms with Crippen LogP contribution in [0.25, 0.3) is 0 Å². The molecule has 2 aromatic rings.